The van der Waals surface area contributed by atoms with Crippen LogP contribution < -0.4 is 5.32 Å². The van der Waals surface area contributed by atoms with Gasteiger partial charge in [-0.05, 0) is 43.7 Å². The first kappa shape index (κ1) is 18.4. The van der Waals surface area contributed by atoms with Crippen LogP contribution in [0.4, 0.5) is 5.69 Å². The number of pyridine rings is 1. The largest absolute Gasteiger partial charge is 0.378 e. The number of H-pyrrole nitrogens is 1. The summed E-state index contributed by atoms with van der Waals surface area (Å²) in [7, 11) is 0. The van der Waals surface area contributed by atoms with Crippen molar-refractivity contribution in [1.82, 2.24) is 15.2 Å². The third-order valence-electron chi connectivity index (χ3n) is 5.23. The molecule has 4 rings (SSSR count). The van der Waals surface area contributed by atoms with Crippen LogP contribution in [0.1, 0.15) is 31.0 Å². The molecule has 0 radical (unpaired) electrons. The van der Waals surface area contributed by atoms with E-state index < -0.39 is 5.92 Å². The van der Waals surface area contributed by atoms with Crippen LogP contribution in [0.5, 0.6) is 0 Å². The molecule has 2 N–H and O–H groups in total. The molecule has 2 unspecified atom stereocenters. The van der Waals surface area contributed by atoms with Gasteiger partial charge in [-0.25, -0.2) is 0 Å². The Morgan fingerprint density at radius 1 is 1.21 bits per heavy atom. The van der Waals surface area contributed by atoms with Crippen molar-refractivity contribution in [3.63, 3.8) is 0 Å². The van der Waals surface area contributed by atoms with Crippen molar-refractivity contribution in [3.05, 3.63) is 65.3 Å². The van der Waals surface area contributed by atoms with Crippen LogP contribution in [0, 0.1) is 28.6 Å². The van der Waals surface area contributed by atoms with Crippen LogP contribution in [-0.4, -0.2) is 20.9 Å². The number of hydrogen-bond acceptors (Lipinski definition) is 6. The third kappa shape index (κ3) is 3.35. The normalized spacial score (nSPS) is 18.8. The van der Waals surface area contributed by atoms with Crippen LogP contribution in [0.3, 0.4) is 0 Å². The zero-order valence-electron chi connectivity index (χ0n) is 16.1. The quantitative estimate of drug-likeness (QED) is 0.707. The summed E-state index contributed by atoms with van der Waals surface area (Å²) in [5.41, 5.74) is 5.55. The Balaban J connectivity index is 1.72. The van der Waals surface area contributed by atoms with E-state index in [1.807, 2.05) is 44.2 Å². The second kappa shape index (κ2) is 7.57. The molecule has 29 heavy (non-hydrogen) atoms. The number of fused-ring (bicyclic) bond motifs is 1. The Labute approximate surface area is 168 Å². The average Bonchev–Trinajstić information content (AvgIpc) is 3.14. The van der Waals surface area contributed by atoms with E-state index in [1.165, 1.54) is 0 Å². The minimum atomic E-state index is -0.463. The number of anilines is 1. The molecule has 0 saturated heterocycles. The molecule has 0 bridgehead atoms. The molecule has 0 fully saturated rings. The SMILES string of the molecule is CC1=NC(C)=C(C#N)C(c2ccc3n[nH]c(CNc4cccnc4)c3c2)C1C#N. The van der Waals surface area contributed by atoms with Crippen molar-refractivity contribution < 1.29 is 0 Å². The van der Waals surface area contributed by atoms with Crippen molar-refractivity contribution in [2.75, 3.05) is 5.32 Å². The number of rotatable bonds is 4. The molecule has 1 aliphatic rings. The van der Waals surface area contributed by atoms with Gasteiger partial charge in [0.15, 0.2) is 0 Å². The Hall–Kier alpha value is -3.97. The lowest BCUT2D eigenvalue weighted by molar-refractivity contribution is 0.704. The molecular weight excluding hydrogens is 362 g/mol. The minimum absolute atomic E-state index is 0.332. The number of nitrogens with one attached hydrogen (secondary N) is 2. The highest BCUT2D eigenvalue weighted by molar-refractivity contribution is 5.91. The Kier molecular flexibility index (Phi) is 4.80. The van der Waals surface area contributed by atoms with Crippen LogP contribution in [0.15, 0.2) is 59.0 Å². The van der Waals surface area contributed by atoms with Crippen molar-refractivity contribution in [3.8, 4) is 12.1 Å². The predicted molar refractivity (Wildman–Crippen MR) is 111 cm³/mol. The van der Waals surface area contributed by atoms with Gasteiger partial charge in [0.25, 0.3) is 0 Å². The molecule has 2 atom stereocenters. The average molecular weight is 381 g/mol. The molecule has 7 nitrogen and oxygen atoms in total. The summed E-state index contributed by atoms with van der Waals surface area (Å²) in [6.45, 7) is 4.22. The number of nitrogens with zero attached hydrogens (tertiary/aromatic N) is 5. The van der Waals surface area contributed by atoms with E-state index in [9.17, 15) is 10.5 Å². The number of hydrogen-bond donors (Lipinski definition) is 2. The maximum absolute atomic E-state index is 9.73. The first-order chi connectivity index (χ1) is 14.1. The molecule has 1 aromatic carbocycles. The van der Waals surface area contributed by atoms with Crippen LogP contribution >= 0.6 is 0 Å². The lowest BCUT2D eigenvalue weighted by atomic mass is 9.76. The van der Waals surface area contributed by atoms with Gasteiger partial charge in [-0.1, -0.05) is 6.07 Å². The maximum atomic E-state index is 9.73. The Morgan fingerprint density at radius 3 is 2.79 bits per heavy atom. The Morgan fingerprint density at radius 2 is 2.07 bits per heavy atom. The monoisotopic (exact) mass is 381 g/mol. The molecule has 7 heteroatoms. The standard InChI is InChI=1S/C22H19N7/c1-13-18(9-23)22(19(10-24)14(2)27-13)15-5-6-20-17(8-15)21(29-28-20)12-26-16-4-3-7-25-11-16/h3-8,11,18,22,26H,12H2,1-2H3,(H,28,29). The van der Waals surface area contributed by atoms with Gasteiger partial charge in [0.05, 0.1) is 52.8 Å². The van der Waals surface area contributed by atoms with Gasteiger partial charge in [0, 0.05) is 29.4 Å². The summed E-state index contributed by atoms with van der Waals surface area (Å²) < 4.78 is 0. The number of benzene rings is 1. The number of aromatic nitrogens is 3. The fourth-order valence-electron chi connectivity index (χ4n) is 3.77. The first-order valence-corrected chi connectivity index (χ1v) is 9.29. The number of aliphatic imine (C=N–C) groups is 1. The predicted octanol–water partition coefficient (Wildman–Crippen LogP) is 4.07. The van der Waals surface area contributed by atoms with Crippen LogP contribution in [0.25, 0.3) is 10.9 Å². The van der Waals surface area contributed by atoms with E-state index in [0.717, 1.165) is 33.6 Å². The van der Waals surface area contributed by atoms with E-state index in [4.69, 9.17) is 0 Å². The summed E-state index contributed by atoms with van der Waals surface area (Å²) in [6, 6.07) is 14.3. The molecular formula is C22H19N7. The first-order valence-electron chi connectivity index (χ1n) is 9.29. The molecule has 1 aliphatic heterocycles. The molecule has 0 spiro atoms. The lowest BCUT2D eigenvalue weighted by Gasteiger charge is -2.26. The molecule has 3 aromatic rings. The van der Waals surface area contributed by atoms with Crippen LogP contribution in [0.2, 0.25) is 0 Å². The summed E-state index contributed by atoms with van der Waals surface area (Å²) in [6.07, 6.45) is 3.49. The van der Waals surface area contributed by atoms with Gasteiger partial charge in [-0.15, -0.1) is 0 Å². The third-order valence-corrected chi connectivity index (χ3v) is 5.23. The molecule has 0 amide bonds. The topological polar surface area (TPSA) is 114 Å². The fraction of sp³-hybridized carbons (Fsp3) is 0.227. The van der Waals surface area contributed by atoms with Crippen molar-refractivity contribution in [2.45, 2.75) is 26.3 Å². The van der Waals surface area contributed by atoms with Gasteiger partial charge in [-0.3, -0.25) is 15.1 Å². The molecule has 0 saturated carbocycles. The van der Waals surface area contributed by atoms with E-state index in [1.54, 1.807) is 12.4 Å². The summed E-state index contributed by atoms with van der Waals surface area (Å²) in [5, 5.41) is 31.2. The second-order valence-corrected chi connectivity index (χ2v) is 7.02. The van der Waals surface area contributed by atoms with Gasteiger partial charge in [0.1, 0.15) is 0 Å². The summed E-state index contributed by atoms with van der Waals surface area (Å²) >= 11 is 0. The molecule has 2 aromatic heterocycles. The smallest absolute Gasteiger partial charge is 0.0973 e. The molecule has 3 heterocycles. The van der Waals surface area contributed by atoms with Crippen LogP contribution in [-0.2, 0) is 6.54 Å². The molecule has 0 aliphatic carbocycles. The zero-order valence-corrected chi connectivity index (χ0v) is 16.1. The highest BCUT2D eigenvalue weighted by Crippen LogP contribution is 2.39. The highest BCUT2D eigenvalue weighted by atomic mass is 15.1. The van der Waals surface area contributed by atoms with Crippen molar-refractivity contribution in [1.29, 1.82) is 10.5 Å². The highest BCUT2D eigenvalue weighted by Gasteiger charge is 2.34. The number of aromatic amines is 1. The van der Waals surface area contributed by atoms with E-state index in [2.05, 4.69) is 37.6 Å². The van der Waals surface area contributed by atoms with Gasteiger partial charge in [0.2, 0.25) is 0 Å². The maximum Gasteiger partial charge on any atom is 0.0973 e. The summed E-state index contributed by atoms with van der Waals surface area (Å²) in [4.78, 5) is 8.52. The molecule has 142 valence electrons. The van der Waals surface area contributed by atoms with Gasteiger partial charge >= 0.3 is 0 Å². The number of nitriles is 2. The summed E-state index contributed by atoms with van der Waals surface area (Å²) in [5.74, 6) is -0.796. The minimum Gasteiger partial charge on any atom is -0.378 e. The van der Waals surface area contributed by atoms with Crippen molar-refractivity contribution >= 4 is 22.3 Å². The lowest BCUT2D eigenvalue weighted by Crippen LogP contribution is -2.24. The zero-order chi connectivity index (χ0) is 20.4. The van der Waals surface area contributed by atoms with Gasteiger partial charge in [-0.2, -0.15) is 15.6 Å². The van der Waals surface area contributed by atoms with Crippen molar-refractivity contribution in [2.24, 2.45) is 10.9 Å². The van der Waals surface area contributed by atoms with E-state index >= 15 is 0 Å². The fourth-order valence-corrected chi connectivity index (χ4v) is 3.77. The van der Waals surface area contributed by atoms with E-state index in [-0.39, 0.29) is 5.92 Å². The second-order valence-electron chi connectivity index (χ2n) is 7.02. The Bertz CT molecular complexity index is 1210. The number of allylic oxidation sites excluding steroid dienone is 2. The van der Waals surface area contributed by atoms with Gasteiger partial charge < -0.3 is 5.32 Å². The van der Waals surface area contributed by atoms with E-state index in [0.29, 0.717) is 17.8 Å².